The van der Waals surface area contributed by atoms with E-state index in [1.165, 1.54) is 19.3 Å². The summed E-state index contributed by atoms with van der Waals surface area (Å²) in [7, 11) is 0. The summed E-state index contributed by atoms with van der Waals surface area (Å²) in [4.78, 5) is 0. The van der Waals surface area contributed by atoms with Gasteiger partial charge in [0.1, 0.15) is 0 Å². The van der Waals surface area contributed by atoms with Gasteiger partial charge in [0.15, 0.2) is 0 Å². The van der Waals surface area contributed by atoms with Crippen LogP contribution in [0.2, 0.25) is 0 Å². The average Bonchev–Trinajstić information content (AvgIpc) is 2.19. The Morgan fingerprint density at radius 1 is 1.54 bits per heavy atom. The standard InChI is InChI=1S/C11H19BrO/c1-3-11(2,9-12)8-10-4-6-13-7-5-10/h3,10H,1,4-9H2,2H3. The van der Waals surface area contributed by atoms with Crippen LogP contribution >= 0.6 is 15.9 Å². The van der Waals surface area contributed by atoms with E-state index in [2.05, 4.69) is 35.5 Å². The van der Waals surface area contributed by atoms with Crippen molar-refractivity contribution in [2.45, 2.75) is 26.2 Å². The fourth-order valence-corrected chi connectivity index (χ4v) is 2.26. The highest BCUT2D eigenvalue weighted by molar-refractivity contribution is 9.09. The van der Waals surface area contributed by atoms with Crippen LogP contribution < -0.4 is 0 Å². The number of ether oxygens (including phenoxy) is 1. The SMILES string of the molecule is C=CC(C)(CBr)CC1CCOCC1. The maximum atomic E-state index is 5.34. The van der Waals surface area contributed by atoms with E-state index < -0.39 is 0 Å². The lowest BCUT2D eigenvalue weighted by Crippen LogP contribution is -2.24. The van der Waals surface area contributed by atoms with Gasteiger partial charge in [-0.2, -0.15) is 0 Å². The summed E-state index contributed by atoms with van der Waals surface area (Å²) in [5, 5.41) is 1.01. The van der Waals surface area contributed by atoms with Crippen LogP contribution in [0.5, 0.6) is 0 Å². The zero-order valence-corrected chi connectivity index (χ0v) is 9.98. The number of allylic oxidation sites excluding steroid dienone is 1. The van der Waals surface area contributed by atoms with Crippen molar-refractivity contribution in [2.24, 2.45) is 11.3 Å². The van der Waals surface area contributed by atoms with Gasteiger partial charge in [-0.05, 0) is 30.6 Å². The monoisotopic (exact) mass is 246 g/mol. The second-order valence-electron chi connectivity index (χ2n) is 4.25. The van der Waals surface area contributed by atoms with Crippen molar-refractivity contribution in [2.75, 3.05) is 18.5 Å². The second-order valence-corrected chi connectivity index (χ2v) is 4.81. The van der Waals surface area contributed by atoms with Crippen molar-refractivity contribution in [3.05, 3.63) is 12.7 Å². The lowest BCUT2D eigenvalue weighted by molar-refractivity contribution is 0.0561. The maximum absolute atomic E-state index is 5.34. The summed E-state index contributed by atoms with van der Waals surface area (Å²) < 4.78 is 5.34. The molecule has 0 aromatic rings. The second kappa shape index (κ2) is 5.16. The molecule has 1 unspecified atom stereocenters. The third kappa shape index (κ3) is 3.43. The van der Waals surface area contributed by atoms with Crippen molar-refractivity contribution >= 4 is 15.9 Å². The molecule has 76 valence electrons. The van der Waals surface area contributed by atoms with Crippen molar-refractivity contribution in [1.29, 1.82) is 0 Å². The minimum absolute atomic E-state index is 0.266. The minimum atomic E-state index is 0.266. The lowest BCUT2D eigenvalue weighted by Gasteiger charge is -2.31. The van der Waals surface area contributed by atoms with Crippen molar-refractivity contribution in [3.63, 3.8) is 0 Å². The predicted molar refractivity (Wildman–Crippen MR) is 60.3 cm³/mol. The fraction of sp³-hybridized carbons (Fsp3) is 0.818. The Balaban J connectivity index is 2.40. The van der Waals surface area contributed by atoms with E-state index in [0.717, 1.165) is 24.5 Å². The zero-order valence-electron chi connectivity index (χ0n) is 8.39. The molecule has 0 saturated carbocycles. The topological polar surface area (TPSA) is 9.23 Å². The first kappa shape index (κ1) is 11.3. The highest BCUT2D eigenvalue weighted by Crippen LogP contribution is 2.33. The van der Waals surface area contributed by atoms with Gasteiger partial charge in [-0.3, -0.25) is 0 Å². The molecular formula is C11H19BrO. The van der Waals surface area contributed by atoms with Crippen molar-refractivity contribution in [1.82, 2.24) is 0 Å². The van der Waals surface area contributed by atoms with E-state index in [4.69, 9.17) is 4.74 Å². The van der Waals surface area contributed by atoms with E-state index in [1.54, 1.807) is 0 Å². The molecule has 1 fully saturated rings. The molecular weight excluding hydrogens is 228 g/mol. The quantitative estimate of drug-likeness (QED) is 0.546. The molecule has 0 spiro atoms. The maximum Gasteiger partial charge on any atom is 0.0468 e. The summed E-state index contributed by atoms with van der Waals surface area (Å²) >= 11 is 3.56. The third-order valence-corrected chi connectivity index (χ3v) is 4.17. The molecule has 1 aliphatic rings. The molecule has 0 aliphatic carbocycles. The van der Waals surface area contributed by atoms with Crippen LogP contribution in [0.25, 0.3) is 0 Å². The molecule has 2 heteroatoms. The molecule has 1 rings (SSSR count). The normalized spacial score (nSPS) is 23.8. The largest absolute Gasteiger partial charge is 0.381 e. The number of alkyl halides is 1. The minimum Gasteiger partial charge on any atom is -0.381 e. The number of rotatable bonds is 4. The van der Waals surface area contributed by atoms with E-state index in [-0.39, 0.29) is 5.41 Å². The Morgan fingerprint density at radius 2 is 2.15 bits per heavy atom. The van der Waals surface area contributed by atoms with Gasteiger partial charge in [0.25, 0.3) is 0 Å². The summed E-state index contributed by atoms with van der Waals surface area (Å²) in [6, 6.07) is 0. The van der Waals surface area contributed by atoms with Crippen molar-refractivity contribution in [3.8, 4) is 0 Å². The summed E-state index contributed by atoms with van der Waals surface area (Å²) in [5.74, 6) is 0.828. The molecule has 0 bridgehead atoms. The summed E-state index contributed by atoms with van der Waals surface area (Å²) in [6.45, 7) is 8.07. The molecule has 13 heavy (non-hydrogen) atoms. The summed E-state index contributed by atoms with van der Waals surface area (Å²) in [6.07, 6.45) is 5.76. The predicted octanol–water partition coefficient (Wildman–Crippen LogP) is 3.39. The van der Waals surface area contributed by atoms with Gasteiger partial charge < -0.3 is 4.74 Å². The van der Waals surface area contributed by atoms with Crippen LogP contribution in [-0.2, 0) is 4.74 Å². The first-order chi connectivity index (χ1) is 6.20. The molecule has 0 aromatic carbocycles. The Bertz CT molecular complexity index is 163. The van der Waals surface area contributed by atoms with Gasteiger partial charge in [0, 0.05) is 18.5 Å². The van der Waals surface area contributed by atoms with E-state index in [1.807, 2.05) is 0 Å². The first-order valence-electron chi connectivity index (χ1n) is 4.97. The van der Waals surface area contributed by atoms with E-state index >= 15 is 0 Å². The van der Waals surface area contributed by atoms with Crippen LogP contribution in [0.4, 0.5) is 0 Å². The van der Waals surface area contributed by atoms with Gasteiger partial charge >= 0.3 is 0 Å². The molecule has 0 N–H and O–H groups in total. The molecule has 1 nitrogen and oxygen atoms in total. The number of halogens is 1. The number of hydrogen-bond donors (Lipinski definition) is 0. The molecule has 1 saturated heterocycles. The van der Waals surface area contributed by atoms with Crippen LogP contribution in [0, 0.1) is 11.3 Å². The Morgan fingerprint density at radius 3 is 2.62 bits per heavy atom. The molecule has 1 atom stereocenters. The van der Waals surface area contributed by atoms with Crippen molar-refractivity contribution < 1.29 is 4.74 Å². The Kier molecular flexibility index (Phi) is 4.47. The number of hydrogen-bond acceptors (Lipinski definition) is 1. The molecule has 0 radical (unpaired) electrons. The van der Waals surface area contributed by atoms with Crippen LogP contribution in [0.1, 0.15) is 26.2 Å². The van der Waals surface area contributed by atoms with Crippen LogP contribution in [0.15, 0.2) is 12.7 Å². The average molecular weight is 247 g/mol. The van der Waals surface area contributed by atoms with Gasteiger partial charge in [-0.25, -0.2) is 0 Å². The Hall–Kier alpha value is 0.180. The lowest BCUT2D eigenvalue weighted by atomic mass is 9.80. The van der Waals surface area contributed by atoms with Gasteiger partial charge in [-0.15, -0.1) is 6.58 Å². The highest BCUT2D eigenvalue weighted by Gasteiger charge is 2.25. The van der Waals surface area contributed by atoms with Crippen LogP contribution in [-0.4, -0.2) is 18.5 Å². The van der Waals surface area contributed by atoms with E-state index in [9.17, 15) is 0 Å². The van der Waals surface area contributed by atoms with Crippen LogP contribution in [0.3, 0.4) is 0 Å². The van der Waals surface area contributed by atoms with Gasteiger partial charge in [0.05, 0.1) is 0 Å². The molecule has 1 heterocycles. The first-order valence-corrected chi connectivity index (χ1v) is 6.09. The molecule has 0 amide bonds. The summed E-state index contributed by atoms with van der Waals surface area (Å²) in [5.41, 5.74) is 0.266. The zero-order chi connectivity index (χ0) is 9.73. The van der Waals surface area contributed by atoms with Gasteiger partial charge in [-0.1, -0.05) is 28.9 Å². The highest BCUT2D eigenvalue weighted by atomic mass is 79.9. The van der Waals surface area contributed by atoms with Gasteiger partial charge in [0.2, 0.25) is 0 Å². The molecule has 0 aromatic heterocycles. The van der Waals surface area contributed by atoms with E-state index in [0.29, 0.717) is 0 Å². The smallest absolute Gasteiger partial charge is 0.0468 e. The fourth-order valence-electron chi connectivity index (χ4n) is 1.80. The Labute approximate surface area is 89.7 Å². The molecule has 1 aliphatic heterocycles. The third-order valence-electron chi connectivity index (χ3n) is 2.89.